The second-order valence-electron chi connectivity index (χ2n) is 7.07. The molecule has 0 bridgehead atoms. The van der Waals surface area contributed by atoms with E-state index in [-0.39, 0.29) is 17.4 Å². The molecule has 3 atom stereocenters. The molecule has 20 heavy (non-hydrogen) atoms. The van der Waals surface area contributed by atoms with Gasteiger partial charge in [-0.25, -0.2) is 0 Å². The van der Waals surface area contributed by atoms with Crippen LogP contribution in [0, 0.1) is 17.8 Å². The number of carbonyl (C=O) groups is 1. The van der Waals surface area contributed by atoms with E-state index in [1.54, 1.807) is 0 Å². The molecule has 5 nitrogen and oxygen atoms in total. The topological polar surface area (TPSA) is 89.8 Å². The van der Waals surface area contributed by atoms with Gasteiger partial charge in [0.25, 0.3) is 0 Å². The Morgan fingerprint density at radius 1 is 1.30 bits per heavy atom. The third-order valence-electron chi connectivity index (χ3n) is 4.15. The predicted molar refractivity (Wildman–Crippen MR) is 79.3 cm³/mol. The van der Waals surface area contributed by atoms with Crippen LogP contribution in [0.15, 0.2) is 0 Å². The molecule has 4 N–H and O–H groups in total. The van der Waals surface area contributed by atoms with Crippen molar-refractivity contribution in [3.8, 4) is 0 Å². The highest BCUT2D eigenvalue weighted by Crippen LogP contribution is 2.36. The van der Waals surface area contributed by atoms with E-state index < -0.39 is 13.1 Å². The molecule has 1 fully saturated rings. The van der Waals surface area contributed by atoms with Gasteiger partial charge in [0, 0.05) is 5.54 Å². The van der Waals surface area contributed by atoms with E-state index in [1.807, 2.05) is 0 Å². The number of rotatable bonds is 6. The van der Waals surface area contributed by atoms with Gasteiger partial charge in [0.1, 0.15) is 0 Å². The molecule has 1 aliphatic rings. The number of carboxylic acids is 1. The van der Waals surface area contributed by atoms with Crippen molar-refractivity contribution >= 4 is 13.1 Å². The van der Waals surface area contributed by atoms with Crippen LogP contribution in [0.5, 0.6) is 0 Å². The molecule has 1 saturated carbocycles. The Morgan fingerprint density at radius 2 is 1.95 bits per heavy atom. The highest BCUT2D eigenvalue weighted by Gasteiger charge is 2.35. The van der Waals surface area contributed by atoms with Crippen molar-refractivity contribution in [1.29, 1.82) is 0 Å². The zero-order valence-electron chi connectivity index (χ0n) is 12.8. The molecular weight excluding hydrogens is 257 g/mol. The minimum atomic E-state index is -1.28. The van der Waals surface area contributed by atoms with Crippen LogP contribution in [0.25, 0.3) is 0 Å². The Balaban J connectivity index is 2.51. The highest BCUT2D eigenvalue weighted by atomic mass is 16.4. The van der Waals surface area contributed by atoms with Crippen LogP contribution in [0.3, 0.4) is 0 Å². The van der Waals surface area contributed by atoms with Gasteiger partial charge in [0.15, 0.2) is 0 Å². The maximum Gasteiger partial charge on any atom is 0.451 e. The van der Waals surface area contributed by atoms with Gasteiger partial charge in [0.05, 0.1) is 5.92 Å². The normalized spacial score (nSPS) is 27.4. The molecule has 0 saturated heterocycles. The van der Waals surface area contributed by atoms with Crippen LogP contribution in [-0.2, 0) is 4.79 Å². The number of hydrogen-bond donors (Lipinski definition) is 4. The Morgan fingerprint density at radius 3 is 2.45 bits per heavy atom. The summed E-state index contributed by atoms with van der Waals surface area (Å²) < 4.78 is 0. The Hall–Kier alpha value is -0.585. The quantitative estimate of drug-likeness (QED) is 0.553. The fourth-order valence-electron chi connectivity index (χ4n) is 2.95. The molecular formula is C14H28BNO4. The maximum atomic E-state index is 11.4. The standard InChI is InChI=1S/C14H28BNO4/c1-14(2,3)16-9-11-5-4-10(6-7-15(19)20)8-12(11)13(17)18/h10-12,16,19-20H,4-9H2,1-3H3,(H,17,18)/t10-,11?,12-/m0/s1. The van der Waals surface area contributed by atoms with Gasteiger partial charge in [-0.05, 0) is 58.3 Å². The molecule has 0 aromatic rings. The molecule has 0 aromatic carbocycles. The molecule has 116 valence electrons. The molecule has 1 unspecified atom stereocenters. The van der Waals surface area contributed by atoms with Crippen molar-refractivity contribution in [1.82, 2.24) is 5.32 Å². The first kappa shape index (κ1) is 17.5. The van der Waals surface area contributed by atoms with Gasteiger partial charge in [0.2, 0.25) is 0 Å². The van der Waals surface area contributed by atoms with E-state index in [0.717, 1.165) is 19.4 Å². The van der Waals surface area contributed by atoms with Crippen LogP contribution in [-0.4, -0.2) is 40.3 Å². The fourth-order valence-corrected chi connectivity index (χ4v) is 2.95. The molecule has 0 spiro atoms. The first-order chi connectivity index (χ1) is 9.19. The molecule has 1 rings (SSSR count). The SMILES string of the molecule is CC(C)(C)NCC1CC[C@@H](CCB(O)O)C[C@@H]1C(=O)O. The lowest BCUT2D eigenvalue weighted by Crippen LogP contribution is -2.43. The Bertz CT molecular complexity index is 317. The monoisotopic (exact) mass is 285 g/mol. The van der Waals surface area contributed by atoms with E-state index >= 15 is 0 Å². The number of hydrogen-bond acceptors (Lipinski definition) is 4. The van der Waals surface area contributed by atoms with Gasteiger partial charge >= 0.3 is 13.1 Å². The van der Waals surface area contributed by atoms with Gasteiger partial charge < -0.3 is 20.5 Å². The zero-order chi connectivity index (χ0) is 15.3. The van der Waals surface area contributed by atoms with Crippen molar-refractivity contribution in [2.45, 2.75) is 58.3 Å². The summed E-state index contributed by atoms with van der Waals surface area (Å²) in [5.74, 6) is -0.579. The zero-order valence-corrected chi connectivity index (χ0v) is 12.8. The average molecular weight is 285 g/mol. The third-order valence-corrected chi connectivity index (χ3v) is 4.15. The number of carboxylic acid groups (broad SMARTS) is 1. The highest BCUT2D eigenvalue weighted by molar-refractivity contribution is 6.40. The summed E-state index contributed by atoms with van der Waals surface area (Å²) in [6.45, 7) is 6.97. The fraction of sp³-hybridized carbons (Fsp3) is 0.929. The van der Waals surface area contributed by atoms with Gasteiger partial charge in [-0.2, -0.15) is 0 Å². The Labute approximate surface area is 121 Å². The van der Waals surface area contributed by atoms with Crippen molar-refractivity contribution in [3.63, 3.8) is 0 Å². The molecule has 0 heterocycles. The summed E-state index contributed by atoms with van der Waals surface area (Å²) >= 11 is 0. The van der Waals surface area contributed by atoms with E-state index in [2.05, 4.69) is 26.1 Å². The summed E-state index contributed by atoms with van der Waals surface area (Å²) in [5.41, 5.74) is 0.000893. The summed E-state index contributed by atoms with van der Waals surface area (Å²) in [7, 11) is -1.28. The second kappa shape index (κ2) is 7.43. The molecule has 0 amide bonds. The van der Waals surface area contributed by atoms with Crippen LogP contribution in [0.2, 0.25) is 6.32 Å². The molecule has 0 aliphatic heterocycles. The second-order valence-corrected chi connectivity index (χ2v) is 7.07. The average Bonchev–Trinajstić information content (AvgIpc) is 2.33. The summed E-state index contributed by atoms with van der Waals surface area (Å²) in [6.07, 6.45) is 3.56. The van der Waals surface area contributed by atoms with E-state index in [1.165, 1.54) is 0 Å². The van der Waals surface area contributed by atoms with Crippen LogP contribution in [0.4, 0.5) is 0 Å². The first-order valence-corrected chi connectivity index (χ1v) is 7.53. The Kier molecular flexibility index (Phi) is 6.49. The van der Waals surface area contributed by atoms with Crippen molar-refractivity contribution in [2.24, 2.45) is 17.8 Å². The lowest BCUT2D eigenvalue weighted by molar-refractivity contribution is -0.145. The van der Waals surface area contributed by atoms with Gasteiger partial charge in [-0.15, -0.1) is 0 Å². The largest absolute Gasteiger partial charge is 0.481 e. The van der Waals surface area contributed by atoms with E-state index in [9.17, 15) is 9.90 Å². The molecule has 0 radical (unpaired) electrons. The number of nitrogens with one attached hydrogen (secondary N) is 1. The van der Waals surface area contributed by atoms with Crippen LogP contribution in [0.1, 0.15) is 46.5 Å². The smallest absolute Gasteiger partial charge is 0.451 e. The molecule has 1 aliphatic carbocycles. The van der Waals surface area contributed by atoms with Crippen molar-refractivity contribution < 1.29 is 19.9 Å². The first-order valence-electron chi connectivity index (χ1n) is 7.53. The summed E-state index contributed by atoms with van der Waals surface area (Å²) in [4.78, 5) is 11.4. The number of aliphatic carboxylic acids is 1. The van der Waals surface area contributed by atoms with Crippen LogP contribution >= 0.6 is 0 Å². The molecule has 6 heteroatoms. The lowest BCUT2D eigenvalue weighted by Gasteiger charge is -2.35. The summed E-state index contributed by atoms with van der Waals surface area (Å²) in [6, 6.07) is 0. The van der Waals surface area contributed by atoms with Gasteiger partial charge in [-0.1, -0.05) is 12.8 Å². The minimum absolute atomic E-state index is 0.000893. The minimum Gasteiger partial charge on any atom is -0.481 e. The predicted octanol–water partition coefficient (Wildman–Crippen LogP) is 1.35. The van der Waals surface area contributed by atoms with Gasteiger partial charge in [-0.3, -0.25) is 4.79 Å². The van der Waals surface area contributed by atoms with Crippen molar-refractivity contribution in [2.75, 3.05) is 6.54 Å². The van der Waals surface area contributed by atoms with E-state index in [0.29, 0.717) is 25.1 Å². The van der Waals surface area contributed by atoms with E-state index in [4.69, 9.17) is 10.0 Å². The van der Waals surface area contributed by atoms with Crippen LogP contribution < -0.4 is 5.32 Å². The van der Waals surface area contributed by atoms with Crippen molar-refractivity contribution in [3.05, 3.63) is 0 Å². The lowest BCUT2D eigenvalue weighted by atomic mass is 9.70. The maximum absolute atomic E-state index is 11.4. The molecule has 0 aromatic heterocycles. The third kappa shape index (κ3) is 6.24. The summed E-state index contributed by atoms with van der Waals surface area (Å²) in [5, 5.41) is 30.6.